The Morgan fingerprint density at radius 2 is 1.53 bits per heavy atom. The molecule has 19 heteroatoms. The predicted molar refractivity (Wildman–Crippen MR) is 147 cm³/mol. The van der Waals surface area contributed by atoms with Crippen LogP contribution in [0.15, 0.2) is 51.4 Å². The highest BCUT2D eigenvalue weighted by Crippen LogP contribution is 2.43. The van der Waals surface area contributed by atoms with Crippen LogP contribution in [0.25, 0.3) is 0 Å². The average Bonchev–Trinajstić information content (AvgIpc) is 2.87. The minimum atomic E-state index is -5.11. The molecule has 3 aromatic carbocycles. The van der Waals surface area contributed by atoms with Crippen LogP contribution in [0.5, 0.6) is 5.75 Å². The van der Waals surface area contributed by atoms with Crippen molar-refractivity contribution in [2.45, 2.75) is 25.7 Å². The van der Waals surface area contributed by atoms with Crippen molar-refractivity contribution in [3.8, 4) is 5.75 Å². The third kappa shape index (κ3) is 9.42. The first-order chi connectivity index (χ1) is 19.9. The molecule has 43 heavy (non-hydrogen) atoms. The van der Waals surface area contributed by atoms with Crippen LogP contribution in [0.1, 0.15) is 24.9 Å². The van der Waals surface area contributed by atoms with E-state index in [0.717, 1.165) is 12.1 Å². The number of nitro groups is 2. The number of nitro benzene ring substituents is 2. The highest BCUT2D eigenvalue weighted by Gasteiger charge is 2.38. The number of rotatable bonds is 9. The Kier molecular flexibility index (Phi) is 12.2. The molecule has 0 aliphatic heterocycles. The molecule has 2 atom stereocenters. The van der Waals surface area contributed by atoms with E-state index in [1.165, 1.54) is 19.1 Å². The quantitative estimate of drug-likeness (QED) is 0.0951. The molecule has 0 aliphatic carbocycles. The van der Waals surface area contributed by atoms with Crippen LogP contribution in [-0.4, -0.2) is 27.3 Å². The Labute approximate surface area is 259 Å². The summed E-state index contributed by atoms with van der Waals surface area (Å²) in [6.45, 7) is 1.46. The molecule has 0 heterocycles. The van der Waals surface area contributed by atoms with E-state index in [0.29, 0.717) is 18.2 Å². The number of anilines is 1. The molecule has 0 spiro atoms. The number of carboxylic acids is 1. The summed E-state index contributed by atoms with van der Waals surface area (Å²) in [6.07, 6.45) is -5.19. The van der Waals surface area contributed by atoms with Crippen molar-refractivity contribution in [3.05, 3.63) is 99.7 Å². The summed E-state index contributed by atoms with van der Waals surface area (Å²) >= 11 is 11.7. The molecular weight excluding hydrogens is 752 g/mol. The first-order valence-corrected chi connectivity index (χ1v) is 13.3. The largest absolute Gasteiger partial charge is 0.573 e. The van der Waals surface area contributed by atoms with Crippen LogP contribution < -0.4 is 10.1 Å². The Hall–Kier alpha value is -3.64. The SMILES string of the molecule is CC[C@@H](C(=O)O)C(Nc1cc(Br)c(F)cc1[N+](=O)[O-])c1c(Cl)cccc1OC(F)(F)F.O=[N+]([O-])c1cc(F)c(Br)cc1F. The van der Waals surface area contributed by atoms with Gasteiger partial charge in [0.2, 0.25) is 5.82 Å². The van der Waals surface area contributed by atoms with Crippen molar-refractivity contribution in [3.63, 3.8) is 0 Å². The van der Waals surface area contributed by atoms with Gasteiger partial charge in [-0.3, -0.25) is 25.0 Å². The van der Waals surface area contributed by atoms with E-state index in [2.05, 4.69) is 41.9 Å². The van der Waals surface area contributed by atoms with Gasteiger partial charge in [0.15, 0.2) is 0 Å². The van der Waals surface area contributed by atoms with Crippen molar-refractivity contribution in [1.29, 1.82) is 0 Å². The van der Waals surface area contributed by atoms with Gasteiger partial charge in [0.05, 0.1) is 42.9 Å². The number of hydrogen-bond donors (Lipinski definition) is 2. The average molecular weight is 768 g/mol. The van der Waals surface area contributed by atoms with Crippen molar-refractivity contribution < 1.29 is 50.8 Å². The number of halogens is 9. The van der Waals surface area contributed by atoms with Gasteiger partial charge in [-0.15, -0.1) is 13.2 Å². The Morgan fingerprint density at radius 3 is 2.02 bits per heavy atom. The van der Waals surface area contributed by atoms with E-state index >= 15 is 0 Å². The predicted octanol–water partition coefficient (Wildman–Crippen LogP) is 8.95. The lowest BCUT2D eigenvalue weighted by Crippen LogP contribution is -2.29. The minimum absolute atomic E-state index is 0.0835. The first-order valence-electron chi connectivity index (χ1n) is 11.3. The fraction of sp³-hybridized carbons (Fsp3) is 0.208. The Bertz CT molecular complexity index is 1550. The van der Waals surface area contributed by atoms with Gasteiger partial charge in [0.25, 0.3) is 5.69 Å². The van der Waals surface area contributed by atoms with Crippen molar-refractivity contribution in [2.75, 3.05) is 5.32 Å². The van der Waals surface area contributed by atoms with E-state index in [1.807, 2.05) is 0 Å². The van der Waals surface area contributed by atoms with E-state index in [4.69, 9.17) is 11.6 Å². The van der Waals surface area contributed by atoms with Gasteiger partial charge in [-0.1, -0.05) is 24.6 Å². The van der Waals surface area contributed by atoms with Crippen LogP contribution >= 0.6 is 43.5 Å². The number of carbonyl (C=O) groups is 1. The van der Waals surface area contributed by atoms with Gasteiger partial charge < -0.3 is 15.2 Å². The molecule has 0 saturated carbocycles. The molecule has 0 bridgehead atoms. The third-order valence-corrected chi connectivity index (χ3v) is 6.99. The third-order valence-electron chi connectivity index (χ3n) is 5.44. The topological polar surface area (TPSA) is 145 Å². The second-order valence-corrected chi connectivity index (χ2v) is 10.3. The number of aliphatic carboxylic acids is 1. The molecular formula is C24H16Br2ClF6N3O7. The first kappa shape index (κ1) is 35.6. The number of nitrogens with one attached hydrogen (secondary N) is 1. The Balaban J connectivity index is 0.000000448. The summed E-state index contributed by atoms with van der Waals surface area (Å²) in [4.78, 5) is 31.4. The zero-order valence-electron chi connectivity index (χ0n) is 21.1. The maximum atomic E-state index is 13.8. The molecule has 232 valence electrons. The van der Waals surface area contributed by atoms with Crippen LogP contribution in [0.4, 0.5) is 43.4 Å². The second-order valence-electron chi connectivity index (χ2n) is 8.19. The normalized spacial score (nSPS) is 12.4. The van der Waals surface area contributed by atoms with Crippen LogP contribution in [-0.2, 0) is 4.79 Å². The summed E-state index contributed by atoms with van der Waals surface area (Å²) in [5.74, 6) is -6.43. The lowest BCUT2D eigenvalue weighted by molar-refractivity contribution is -0.387. The molecule has 3 rings (SSSR count). The molecule has 0 aromatic heterocycles. The van der Waals surface area contributed by atoms with E-state index < -0.39 is 68.7 Å². The number of carboxylic acid groups (broad SMARTS) is 1. The van der Waals surface area contributed by atoms with Crippen LogP contribution in [0.3, 0.4) is 0 Å². The zero-order valence-corrected chi connectivity index (χ0v) is 25.0. The smallest absolute Gasteiger partial charge is 0.481 e. The number of alkyl halides is 3. The maximum absolute atomic E-state index is 13.8. The Morgan fingerprint density at radius 1 is 1.00 bits per heavy atom. The molecule has 0 radical (unpaired) electrons. The van der Waals surface area contributed by atoms with E-state index in [9.17, 15) is 56.5 Å². The van der Waals surface area contributed by atoms with Crippen molar-refractivity contribution in [1.82, 2.24) is 0 Å². The lowest BCUT2D eigenvalue weighted by atomic mass is 9.89. The monoisotopic (exact) mass is 765 g/mol. The molecule has 0 saturated heterocycles. The molecule has 0 amide bonds. The fourth-order valence-electron chi connectivity index (χ4n) is 3.58. The van der Waals surface area contributed by atoms with Crippen LogP contribution in [0, 0.1) is 43.6 Å². The summed E-state index contributed by atoms with van der Waals surface area (Å²) in [6, 6.07) is 4.65. The number of nitrogens with zero attached hydrogens (tertiary/aromatic N) is 2. The van der Waals surface area contributed by atoms with Gasteiger partial charge in [0.1, 0.15) is 23.1 Å². The standard InChI is InChI=1S/C18H14BrClF4N2O5.C6H2BrF2NO2/c1-2-8(17(27)28)16(15-10(20)4-3-5-14(15)31-18(22,23)24)25-12-6-9(19)11(21)7-13(12)26(29)30;7-3-1-5(9)6(10(11)12)2-4(3)8/h3-8,16,25H,2H2,1H3,(H,27,28);1-2H/t8-,16?;/m1./s1. The number of hydrogen-bond acceptors (Lipinski definition) is 7. The van der Waals surface area contributed by atoms with Crippen LogP contribution in [0.2, 0.25) is 5.02 Å². The zero-order chi connectivity index (χ0) is 32.8. The van der Waals surface area contributed by atoms with E-state index in [-0.39, 0.29) is 31.6 Å². The summed E-state index contributed by atoms with van der Waals surface area (Å²) < 4.78 is 81.5. The molecule has 1 unspecified atom stereocenters. The summed E-state index contributed by atoms with van der Waals surface area (Å²) in [7, 11) is 0. The van der Waals surface area contributed by atoms with Gasteiger partial charge in [-0.2, -0.15) is 4.39 Å². The second kappa shape index (κ2) is 14.7. The van der Waals surface area contributed by atoms with Crippen molar-refractivity contribution in [2.24, 2.45) is 5.92 Å². The molecule has 0 aliphatic rings. The van der Waals surface area contributed by atoms with Gasteiger partial charge >= 0.3 is 18.0 Å². The van der Waals surface area contributed by atoms with Gasteiger partial charge in [-0.25, -0.2) is 8.78 Å². The minimum Gasteiger partial charge on any atom is -0.481 e. The van der Waals surface area contributed by atoms with Gasteiger partial charge in [-0.05, 0) is 62.5 Å². The summed E-state index contributed by atoms with van der Waals surface area (Å²) in [5, 5.41) is 33.4. The lowest BCUT2D eigenvalue weighted by Gasteiger charge is -2.28. The molecule has 10 nitrogen and oxygen atoms in total. The molecule has 3 aromatic rings. The summed E-state index contributed by atoms with van der Waals surface area (Å²) in [5.41, 5.74) is -2.32. The van der Waals surface area contributed by atoms with E-state index in [1.54, 1.807) is 0 Å². The number of ether oxygens (including phenoxy) is 1. The molecule has 2 N–H and O–H groups in total. The number of benzene rings is 3. The highest BCUT2D eigenvalue weighted by molar-refractivity contribution is 9.10. The fourth-order valence-corrected chi connectivity index (χ4v) is 4.52. The van der Waals surface area contributed by atoms with Gasteiger partial charge in [0, 0.05) is 10.6 Å². The highest BCUT2D eigenvalue weighted by atomic mass is 79.9. The maximum Gasteiger partial charge on any atom is 0.573 e. The molecule has 0 fully saturated rings. The van der Waals surface area contributed by atoms with Crippen molar-refractivity contribution >= 4 is 66.5 Å².